The number of carbonyl (C=O) groups excluding carboxylic acids is 2. The van der Waals surface area contributed by atoms with Crippen molar-refractivity contribution in [2.45, 2.75) is 173 Å². The molecule has 1 aromatic rings. The van der Waals surface area contributed by atoms with E-state index in [2.05, 4.69) is 42.2 Å². The first-order valence-electron chi connectivity index (χ1n) is 22.5. The van der Waals surface area contributed by atoms with Crippen molar-refractivity contribution in [3.63, 3.8) is 0 Å². The minimum absolute atomic E-state index is 0.0280. The quantitative estimate of drug-likeness (QED) is 0.0133. The van der Waals surface area contributed by atoms with Gasteiger partial charge in [-0.3, -0.25) is 23.2 Å². The number of aromatic nitrogens is 2. The minimum atomic E-state index is -5.43. The molecular weight excluding hydrogens is 876 g/mol. The highest BCUT2D eigenvalue weighted by Crippen LogP contribution is 2.60. The predicted molar refractivity (Wildman–Crippen MR) is 239 cm³/mol. The Morgan fingerprint density at radius 2 is 1.45 bits per heavy atom. The molecule has 2 heterocycles. The fourth-order valence-corrected chi connectivity index (χ4v) is 8.61. The lowest BCUT2D eigenvalue weighted by Crippen LogP contribution is -2.36. The second-order valence-corrected chi connectivity index (χ2v) is 19.2. The molecule has 1 aromatic heterocycles. The number of rotatable bonds is 35. The number of carbonyl (C=O) groups is 2. The maximum atomic E-state index is 12.8. The maximum absolute atomic E-state index is 12.8. The van der Waals surface area contributed by atoms with Crippen LogP contribution in [0.2, 0.25) is 0 Å². The molecule has 366 valence electrons. The van der Waals surface area contributed by atoms with Crippen molar-refractivity contribution in [2.75, 3.05) is 25.6 Å². The molecule has 0 aliphatic carbocycles. The Kier molecular flexibility index (Phi) is 28.3. The molecule has 21 heteroatoms. The molecule has 7 N–H and O–H groups in total. The summed E-state index contributed by atoms with van der Waals surface area (Å²) in [5.41, 5.74) is 4.56. The summed E-state index contributed by atoms with van der Waals surface area (Å²) in [6, 6.07) is 1.24. The van der Waals surface area contributed by atoms with E-state index in [1.807, 2.05) is 18.2 Å². The van der Waals surface area contributed by atoms with Gasteiger partial charge in [-0.2, -0.15) is 9.29 Å². The molecule has 64 heavy (non-hydrogen) atoms. The van der Waals surface area contributed by atoms with E-state index in [-0.39, 0.29) is 18.7 Å². The van der Waals surface area contributed by atoms with E-state index < -0.39 is 89.8 Å². The first-order valence-corrected chi connectivity index (χ1v) is 25.5. The van der Waals surface area contributed by atoms with Gasteiger partial charge in [0.15, 0.2) is 12.3 Å². The number of ether oxygens (including phenoxy) is 3. The summed E-state index contributed by atoms with van der Waals surface area (Å²) in [6.45, 7) is 4.10. The predicted octanol–water partition coefficient (Wildman–Crippen LogP) is 6.88. The summed E-state index contributed by atoms with van der Waals surface area (Å²) < 4.78 is 56.4. The van der Waals surface area contributed by atoms with Crippen molar-refractivity contribution < 1.29 is 71.4 Å². The SMILES string of the molecule is CC/C=C/C/C=C/C=C/C(O)CCCCCCCC(=O)OC[C@H](COP(=O)(O)OP(=O)(O)OC[C@H]1O[C@@H](n2ccc(N)nc2=O)[C@H](O)[C@@H]1O)OC(=O)CCCCCCCCCC(C)C. The van der Waals surface area contributed by atoms with Crippen molar-refractivity contribution >= 4 is 33.4 Å². The average Bonchev–Trinajstić information content (AvgIpc) is 3.50. The number of aliphatic hydroxyl groups excluding tert-OH is 3. The van der Waals surface area contributed by atoms with Crippen molar-refractivity contribution in [3.05, 3.63) is 59.2 Å². The fraction of sp³-hybridized carbons (Fsp3) is 0.721. The Hall–Kier alpha value is -3.06. The van der Waals surface area contributed by atoms with Crippen molar-refractivity contribution in [1.82, 2.24) is 9.55 Å². The van der Waals surface area contributed by atoms with Crippen LogP contribution >= 0.6 is 15.6 Å². The van der Waals surface area contributed by atoms with Gasteiger partial charge in [0, 0.05) is 19.0 Å². The van der Waals surface area contributed by atoms with Gasteiger partial charge in [0.05, 0.1) is 19.3 Å². The Morgan fingerprint density at radius 1 is 0.844 bits per heavy atom. The molecule has 8 atom stereocenters. The second kappa shape index (κ2) is 31.8. The number of hydrogen-bond donors (Lipinski definition) is 6. The molecule has 0 bridgehead atoms. The van der Waals surface area contributed by atoms with E-state index in [1.54, 1.807) is 6.08 Å². The molecule has 0 amide bonds. The van der Waals surface area contributed by atoms with Crippen LogP contribution in [0.15, 0.2) is 53.5 Å². The average molecular weight is 950 g/mol. The highest BCUT2D eigenvalue weighted by atomic mass is 31.3. The third kappa shape index (κ3) is 25.6. The van der Waals surface area contributed by atoms with Gasteiger partial charge in [-0.25, -0.2) is 13.9 Å². The summed E-state index contributed by atoms with van der Waals surface area (Å²) in [6.07, 6.45) is 18.7. The van der Waals surface area contributed by atoms with Crippen molar-refractivity contribution in [3.8, 4) is 0 Å². The van der Waals surface area contributed by atoms with Crippen molar-refractivity contribution in [1.29, 1.82) is 0 Å². The van der Waals surface area contributed by atoms with Crippen LogP contribution in [0.4, 0.5) is 5.82 Å². The normalized spacial score (nSPS) is 20.8. The number of anilines is 1. The lowest BCUT2D eigenvalue weighted by atomic mass is 10.0. The number of esters is 2. The zero-order chi connectivity index (χ0) is 47.4. The number of hydrogen-bond acceptors (Lipinski definition) is 16. The van der Waals surface area contributed by atoms with Gasteiger partial charge in [0.2, 0.25) is 0 Å². The number of unbranched alkanes of at least 4 members (excludes halogenated alkanes) is 10. The standard InChI is InChI=1S/C43H73N3O16P2/c1-4-5-6-7-9-14-19-24-34(47)25-20-15-12-17-21-26-38(48)57-30-35(60-39(49)27-22-16-11-8-10-13-18-23-33(2)3)31-58-63(53,54)62-64(55,56)59-32-36-40(50)41(51)42(61-36)46-29-28-37(44)45-43(46)52/h5-6,9,14,19,24,28-29,33-36,40-42,47,50-51H,4,7-8,10-13,15-18,20-23,25-27,30-32H2,1-3H3,(H,53,54)(H,55,56)(H2,44,45,52)/b6-5+,14-9+,24-19+/t34?,35-,36-,40-,41-,42-/m1/s1. The topological polar surface area (TPSA) is 286 Å². The molecule has 3 unspecified atom stereocenters. The largest absolute Gasteiger partial charge is 0.481 e. The molecule has 0 radical (unpaired) electrons. The fourth-order valence-electron chi connectivity index (χ4n) is 6.50. The lowest BCUT2D eigenvalue weighted by molar-refractivity contribution is -0.161. The summed E-state index contributed by atoms with van der Waals surface area (Å²) in [5, 5.41) is 31.0. The Balaban J connectivity index is 1.85. The number of allylic oxidation sites excluding steroid dienone is 5. The summed E-state index contributed by atoms with van der Waals surface area (Å²) in [5.74, 6) is -0.706. The molecular formula is C43H73N3O16P2. The number of phosphoric ester groups is 2. The number of aliphatic hydroxyl groups is 3. The van der Waals surface area contributed by atoms with E-state index in [0.29, 0.717) is 25.2 Å². The van der Waals surface area contributed by atoms with Crippen LogP contribution in [0.3, 0.4) is 0 Å². The van der Waals surface area contributed by atoms with Crippen molar-refractivity contribution in [2.24, 2.45) is 5.92 Å². The monoisotopic (exact) mass is 949 g/mol. The van der Waals surface area contributed by atoms with Crippen LogP contribution in [0.1, 0.15) is 143 Å². The third-order valence-electron chi connectivity index (χ3n) is 10.0. The van der Waals surface area contributed by atoms with Crippen LogP contribution in [-0.4, -0.2) is 96.9 Å². The van der Waals surface area contributed by atoms with E-state index in [9.17, 15) is 48.6 Å². The first-order chi connectivity index (χ1) is 30.4. The zero-order valence-corrected chi connectivity index (χ0v) is 39.4. The van der Waals surface area contributed by atoms with Gasteiger partial charge in [0.25, 0.3) is 0 Å². The number of nitrogen functional groups attached to an aromatic ring is 1. The summed E-state index contributed by atoms with van der Waals surface area (Å²) in [7, 11) is -10.9. The number of nitrogens with zero attached hydrogens (tertiary/aromatic N) is 2. The van der Waals surface area contributed by atoms with Gasteiger partial charge in [0.1, 0.15) is 30.7 Å². The van der Waals surface area contributed by atoms with Crippen LogP contribution in [0.5, 0.6) is 0 Å². The van der Waals surface area contributed by atoms with Crippen LogP contribution < -0.4 is 11.4 Å². The molecule has 19 nitrogen and oxygen atoms in total. The van der Waals surface area contributed by atoms with Crippen LogP contribution in [0.25, 0.3) is 0 Å². The Bertz CT molecular complexity index is 1740. The van der Waals surface area contributed by atoms with Gasteiger partial charge >= 0.3 is 33.3 Å². The molecule has 1 saturated heterocycles. The number of nitrogens with two attached hydrogens (primary N) is 1. The smallest absolute Gasteiger partial charge is 0.462 e. The molecule has 1 fully saturated rings. The maximum Gasteiger partial charge on any atom is 0.481 e. The molecule has 2 rings (SSSR count). The Labute approximate surface area is 377 Å². The highest BCUT2D eigenvalue weighted by molar-refractivity contribution is 7.61. The van der Waals surface area contributed by atoms with Crippen LogP contribution in [-0.2, 0) is 46.3 Å². The zero-order valence-electron chi connectivity index (χ0n) is 37.6. The first kappa shape index (κ1) is 57.1. The highest BCUT2D eigenvalue weighted by Gasteiger charge is 2.46. The minimum Gasteiger partial charge on any atom is -0.462 e. The summed E-state index contributed by atoms with van der Waals surface area (Å²) >= 11 is 0. The van der Waals surface area contributed by atoms with Gasteiger partial charge in [-0.05, 0) is 44.1 Å². The number of phosphoric acid groups is 2. The van der Waals surface area contributed by atoms with E-state index in [0.717, 1.165) is 81.4 Å². The van der Waals surface area contributed by atoms with Gasteiger partial charge in [-0.15, -0.1) is 0 Å². The second-order valence-electron chi connectivity index (χ2n) is 16.2. The molecule has 0 spiro atoms. The lowest BCUT2D eigenvalue weighted by Gasteiger charge is -2.21. The van der Waals surface area contributed by atoms with Crippen LogP contribution in [0, 0.1) is 5.92 Å². The van der Waals surface area contributed by atoms with E-state index >= 15 is 0 Å². The Morgan fingerprint density at radius 3 is 2.09 bits per heavy atom. The molecule has 0 aromatic carbocycles. The molecule has 1 aliphatic rings. The summed E-state index contributed by atoms with van der Waals surface area (Å²) in [4.78, 5) is 61.6. The molecule has 0 saturated carbocycles. The van der Waals surface area contributed by atoms with E-state index in [4.69, 9.17) is 29.0 Å². The third-order valence-corrected chi connectivity index (χ3v) is 12.6. The van der Waals surface area contributed by atoms with E-state index in [1.165, 1.54) is 18.9 Å². The molecule has 1 aliphatic heterocycles. The van der Waals surface area contributed by atoms with Gasteiger partial charge < -0.3 is 45.1 Å². The van der Waals surface area contributed by atoms with Gasteiger partial charge in [-0.1, -0.05) is 128 Å².